The number of hydrogen-bond donors (Lipinski definition) is 2. The van der Waals surface area contributed by atoms with E-state index in [9.17, 15) is 9.59 Å². The maximum atomic E-state index is 12.0. The van der Waals surface area contributed by atoms with Crippen molar-refractivity contribution in [1.29, 1.82) is 0 Å². The number of para-hydroxylation sites is 2. The topological polar surface area (TPSA) is 89.0 Å². The summed E-state index contributed by atoms with van der Waals surface area (Å²) in [6.45, 7) is 1.91. The number of nitrogens with zero attached hydrogens (tertiary/aromatic N) is 1. The normalized spacial score (nSPS) is 10.4. The van der Waals surface area contributed by atoms with Gasteiger partial charge in [-0.15, -0.1) is 0 Å². The Morgan fingerprint density at radius 1 is 1.08 bits per heavy atom. The first-order valence-corrected chi connectivity index (χ1v) is 7.93. The Balaban J connectivity index is 1.87. The Morgan fingerprint density at radius 3 is 2.54 bits per heavy atom. The highest BCUT2D eigenvalue weighted by molar-refractivity contribution is 6.04. The van der Waals surface area contributed by atoms with Crippen LogP contribution < -0.4 is 20.2 Å². The van der Waals surface area contributed by atoms with Crippen molar-refractivity contribution < 1.29 is 19.1 Å². The van der Waals surface area contributed by atoms with Crippen LogP contribution in [0.3, 0.4) is 0 Å². The van der Waals surface area contributed by atoms with Crippen LogP contribution in [-0.4, -0.2) is 32.2 Å². The molecule has 0 fully saturated rings. The second-order valence-corrected chi connectivity index (χ2v) is 5.44. The van der Waals surface area contributed by atoms with Crippen LogP contribution in [0.1, 0.15) is 17.5 Å². The number of anilines is 1. The van der Waals surface area contributed by atoms with Gasteiger partial charge in [0.2, 0.25) is 11.8 Å². The minimum atomic E-state index is -0.514. The molecule has 0 radical (unpaired) electrons. The predicted molar refractivity (Wildman–Crippen MR) is 99.7 cm³/mol. The van der Waals surface area contributed by atoms with E-state index in [1.807, 2.05) is 19.1 Å². The van der Waals surface area contributed by atoms with Crippen molar-refractivity contribution in [3.63, 3.8) is 0 Å². The molecule has 26 heavy (non-hydrogen) atoms. The van der Waals surface area contributed by atoms with Crippen molar-refractivity contribution in [2.75, 3.05) is 19.5 Å². The van der Waals surface area contributed by atoms with Crippen LogP contribution in [0.15, 0.2) is 47.6 Å². The third-order valence-electron chi connectivity index (χ3n) is 3.57. The summed E-state index contributed by atoms with van der Waals surface area (Å²) in [7, 11) is 3.10. The van der Waals surface area contributed by atoms with Crippen LogP contribution in [0.4, 0.5) is 5.69 Å². The van der Waals surface area contributed by atoms with Crippen molar-refractivity contribution >= 4 is 23.7 Å². The van der Waals surface area contributed by atoms with Gasteiger partial charge in [0.15, 0.2) is 0 Å². The van der Waals surface area contributed by atoms with Gasteiger partial charge in [-0.25, -0.2) is 5.43 Å². The summed E-state index contributed by atoms with van der Waals surface area (Å²) in [6, 6.07) is 12.5. The average molecular weight is 355 g/mol. The number of hydrazone groups is 1. The highest BCUT2D eigenvalue weighted by atomic mass is 16.5. The molecule has 2 N–H and O–H groups in total. The summed E-state index contributed by atoms with van der Waals surface area (Å²) >= 11 is 0. The molecule has 0 saturated carbocycles. The van der Waals surface area contributed by atoms with E-state index in [4.69, 9.17) is 9.47 Å². The highest BCUT2D eigenvalue weighted by Gasteiger charge is 2.11. The first-order chi connectivity index (χ1) is 12.5. The summed E-state index contributed by atoms with van der Waals surface area (Å²) in [6.07, 6.45) is 1.17. The average Bonchev–Trinajstić information content (AvgIpc) is 2.63. The Morgan fingerprint density at radius 2 is 1.85 bits per heavy atom. The van der Waals surface area contributed by atoms with E-state index in [-0.39, 0.29) is 6.42 Å². The lowest BCUT2D eigenvalue weighted by Gasteiger charge is -2.09. The number of amides is 2. The molecule has 136 valence electrons. The fraction of sp³-hybridized carbons (Fsp3) is 0.211. The number of carbonyl (C=O) groups excluding carboxylic acids is 2. The summed E-state index contributed by atoms with van der Waals surface area (Å²) in [5.74, 6) is 0.300. The van der Waals surface area contributed by atoms with E-state index in [0.717, 1.165) is 16.9 Å². The van der Waals surface area contributed by atoms with E-state index in [0.29, 0.717) is 11.4 Å². The second kappa shape index (κ2) is 9.22. The lowest BCUT2D eigenvalue weighted by molar-refractivity contribution is -0.126. The smallest absolute Gasteiger partial charge is 0.249 e. The zero-order valence-corrected chi connectivity index (χ0v) is 14.9. The molecule has 7 nitrogen and oxygen atoms in total. The Labute approximate surface area is 152 Å². The van der Waals surface area contributed by atoms with Gasteiger partial charge in [0.05, 0.1) is 26.1 Å². The molecule has 0 saturated heterocycles. The highest BCUT2D eigenvalue weighted by Crippen LogP contribution is 2.23. The number of carbonyl (C=O) groups is 2. The summed E-state index contributed by atoms with van der Waals surface area (Å²) < 4.78 is 10.3. The van der Waals surface area contributed by atoms with Gasteiger partial charge in [0.1, 0.15) is 17.9 Å². The molecule has 2 aromatic rings. The van der Waals surface area contributed by atoms with Crippen LogP contribution >= 0.6 is 0 Å². The van der Waals surface area contributed by atoms with E-state index >= 15 is 0 Å². The monoisotopic (exact) mass is 355 g/mol. The van der Waals surface area contributed by atoms with E-state index in [1.165, 1.54) is 13.3 Å². The molecule has 0 atom stereocenters. The fourth-order valence-corrected chi connectivity index (χ4v) is 2.22. The van der Waals surface area contributed by atoms with Crippen molar-refractivity contribution in [2.24, 2.45) is 5.10 Å². The molecule has 0 aliphatic heterocycles. The molecule has 2 amide bonds. The molecular weight excluding hydrogens is 334 g/mol. The molecule has 0 aliphatic carbocycles. The van der Waals surface area contributed by atoms with Gasteiger partial charge in [-0.3, -0.25) is 9.59 Å². The molecule has 0 aromatic heterocycles. The van der Waals surface area contributed by atoms with Crippen LogP contribution in [-0.2, 0) is 9.59 Å². The van der Waals surface area contributed by atoms with Crippen LogP contribution in [0.2, 0.25) is 0 Å². The number of nitrogens with one attached hydrogen (secondary N) is 2. The molecule has 2 aromatic carbocycles. The zero-order valence-electron chi connectivity index (χ0n) is 14.9. The van der Waals surface area contributed by atoms with Crippen molar-refractivity contribution in [3.8, 4) is 11.5 Å². The van der Waals surface area contributed by atoms with E-state index in [2.05, 4.69) is 15.8 Å². The molecule has 0 aliphatic rings. The first-order valence-electron chi connectivity index (χ1n) is 7.93. The van der Waals surface area contributed by atoms with E-state index in [1.54, 1.807) is 37.4 Å². The molecule has 0 unspecified atom stereocenters. The van der Waals surface area contributed by atoms with Gasteiger partial charge in [0.25, 0.3) is 0 Å². The van der Waals surface area contributed by atoms with Crippen LogP contribution in [0.5, 0.6) is 11.5 Å². The van der Waals surface area contributed by atoms with Gasteiger partial charge in [0, 0.05) is 0 Å². The molecular formula is C19H21N3O4. The molecule has 7 heteroatoms. The Hall–Kier alpha value is -3.35. The maximum Gasteiger partial charge on any atom is 0.249 e. The van der Waals surface area contributed by atoms with Gasteiger partial charge in [-0.1, -0.05) is 12.1 Å². The Kier molecular flexibility index (Phi) is 6.73. The van der Waals surface area contributed by atoms with Gasteiger partial charge in [-0.2, -0.15) is 5.10 Å². The van der Waals surface area contributed by atoms with Crippen molar-refractivity contribution in [3.05, 3.63) is 53.6 Å². The summed E-state index contributed by atoms with van der Waals surface area (Å²) in [5.41, 5.74) is 4.64. The van der Waals surface area contributed by atoms with E-state index < -0.39 is 11.8 Å². The predicted octanol–water partition coefficient (Wildman–Crippen LogP) is 2.49. The third-order valence-corrected chi connectivity index (χ3v) is 3.57. The largest absolute Gasteiger partial charge is 0.497 e. The minimum Gasteiger partial charge on any atom is -0.497 e. The molecule has 2 rings (SSSR count). The number of hydrogen-bond acceptors (Lipinski definition) is 5. The standard InChI is InChI=1S/C19H21N3O4/c1-13-10-15(25-2)9-8-14(13)12-20-22-19(24)11-18(23)21-16-6-4-5-7-17(16)26-3/h4-10,12H,11H2,1-3H3,(H,21,23)(H,22,24). The van der Waals surface area contributed by atoms with Gasteiger partial charge >= 0.3 is 0 Å². The lowest BCUT2D eigenvalue weighted by atomic mass is 10.1. The SMILES string of the molecule is COc1ccc(C=NNC(=O)CC(=O)Nc2ccccc2OC)c(C)c1. The quantitative estimate of drug-likeness (QED) is 0.454. The van der Waals surface area contributed by atoms with Crippen molar-refractivity contribution in [2.45, 2.75) is 13.3 Å². The van der Waals surface area contributed by atoms with Gasteiger partial charge in [-0.05, 0) is 48.4 Å². The second-order valence-electron chi connectivity index (χ2n) is 5.44. The summed E-state index contributed by atoms with van der Waals surface area (Å²) in [5, 5.41) is 6.51. The number of rotatable bonds is 7. The lowest BCUT2D eigenvalue weighted by Crippen LogP contribution is -2.24. The van der Waals surface area contributed by atoms with Gasteiger partial charge < -0.3 is 14.8 Å². The Bertz CT molecular complexity index is 818. The number of aryl methyl sites for hydroxylation is 1. The van der Waals surface area contributed by atoms with Crippen molar-refractivity contribution in [1.82, 2.24) is 5.43 Å². The number of methoxy groups -OCH3 is 2. The number of ether oxygens (including phenoxy) is 2. The minimum absolute atomic E-state index is 0.350. The molecule has 0 heterocycles. The fourth-order valence-electron chi connectivity index (χ4n) is 2.22. The number of benzene rings is 2. The van der Waals surface area contributed by atoms with Crippen LogP contribution in [0, 0.1) is 6.92 Å². The molecule has 0 spiro atoms. The summed E-state index contributed by atoms with van der Waals surface area (Å²) in [4.78, 5) is 23.8. The maximum absolute atomic E-state index is 12.0. The van der Waals surface area contributed by atoms with Crippen LogP contribution in [0.25, 0.3) is 0 Å². The zero-order chi connectivity index (χ0) is 18.9. The molecule has 0 bridgehead atoms. The third kappa shape index (κ3) is 5.34. The first kappa shape index (κ1) is 19.0.